The Labute approximate surface area is 216 Å². The third-order valence-electron chi connectivity index (χ3n) is 5.62. The summed E-state index contributed by atoms with van der Waals surface area (Å²) >= 11 is 6.51. The van der Waals surface area contributed by atoms with Gasteiger partial charge >= 0.3 is 12.0 Å². The summed E-state index contributed by atoms with van der Waals surface area (Å²) in [5.41, 5.74) is 3.28. The molecule has 0 spiro atoms. The van der Waals surface area contributed by atoms with Crippen molar-refractivity contribution in [3.8, 4) is 0 Å². The van der Waals surface area contributed by atoms with Crippen molar-refractivity contribution in [1.82, 2.24) is 15.3 Å². The van der Waals surface area contributed by atoms with Gasteiger partial charge in [0, 0.05) is 28.2 Å². The summed E-state index contributed by atoms with van der Waals surface area (Å²) in [6, 6.07) is 17.1. The van der Waals surface area contributed by atoms with E-state index in [0.717, 1.165) is 0 Å². The van der Waals surface area contributed by atoms with Gasteiger partial charge in [-0.05, 0) is 37.3 Å². The molecule has 11 heteroatoms. The number of guanidine groups is 1. The lowest BCUT2D eigenvalue weighted by molar-refractivity contribution is -0.113. The van der Waals surface area contributed by atoms with Crippen LogP contribution in [0.5, 0.6) is 0 Å². The molecule has 1 aliphatic heterocycles. The quantitative estimate of drug-likeness (QED) is 0.326. The zero-order valence-electron chi connectivity index (χ0n) is 19.8. The molecule has 3 heterocycles. The summed E-state index contributed by atoms with van der Waals surface area (Å²) in [5, 5.41) is 9.43. The van der Waals surface area contributed by atoms with Gasteiger partial charge in [0.05, 0.1) is 12.7 Å². The number of pyridine rings is 1. The Hall–Kier alpha value is -4.70. The molecule has 5 rings (SSSR count). The molecular weight excluding hydrogens is 496 g/mol. The zero-order chi connectivity index (χ0) is 25.9. The molecule has 2 aromatic heterocycles. The molecule has 10 nitrogen and oxygen atoms in total. The van der Waals surface area contributed by atoms with Crippen LogP contribution in [0.15, 0.2) is 87.5 Å². The van der Waals surface area contributed by atoms with Crippen LogP contribution in [0.3, 0.4) is 0 Å². The van der Waals surface area contributed by atoms with Gasteiger partial charge in [0.15, 0.2) is 5.58 Å². The summed E-state index contributed by atoms with van der Waals surface area (Å²) in [7, 11) is 1.26. The fourth-order valence-electron chi connectivity index (χ4n) is 3.91. The number of oxazole rings is 1. The van der Waals surface area contributed by atoms with Gasteiger partial charge in [-0.3, -0.25) is 10.1 Å². The van der Waals surface area contributed by atoms with Crippen molar-refractivity contribution in [3.63, 3.8) is 0 Å². The highest BCUT2D eigenvalue weighted by atomic mass is 35.5. The number of methoxy groups -OCH3 is 1. The van der Waals surface area contributed by atoms with Crippen molar-refractivity contribution in [2.75, 3.05) is 17.7 Å². The maximum absolute atomic E-state index is 13.5. The first-order chi connectivity index (χ1) is 17.9. The van der Waals surface area contributed by atoms with E-state index in [1.165, 1.54) is 19.4 Å². The van der Waals surface area contributed by atoms with Crippen molar-refractivity contribution in [2.24, 2.45) is 4.99 Å². The normalized spacial score (nSPS) is 15.1. The molecule has 1 amide bonds. The number of esters is 1. The highest BCUT2D eigenvalue weighted by Gasteiger charge is 2.31. The summed E-state index contributed by atoms with van der Waals surface area (Å²) in [6.45, 7) is 1.76. The molecule has 4 aromatic rings. The Kier molecular flexibility index (Phi) is 6.57. The summed E-state index contributed by atoms with van der Waals surface area (Å²) < 4.78 is 10.5. The number of hydrogen-bond donors (Lipinski definition) is 3. The van der Waals surface area contributed by atoms with Crippen LogP contribution in [0.25, 0.3) is 11.1 Å². The van der Waals surface area contributed by atoms with Crippen LogP contribution in [0.1, 0.15) is 29.0 Å². The molecule has 0 bridgehead atoms. The summed E-state index contributed by atoms with van der Waals surface area (Å²) in [6.07, 6.45) is 1.41. The SMILES string of the molecule is COC(=O)c1cc(NC(=O)C2=C(C)NC(Nc3nc4ccccc4o3)=NC2c2ccccc2Cl)ccn1. The average molecular weight is 517 g/mol. The highest BCUT2D eigenvalue weighted by Crippen LogP contribution is 2.35. The predicted octanol–water partition coefficient (Wildman–Crippen LogP) is 4.69. The predicted molar refractivity (Wildman–Crippen MR) is 139 cm³/mol. The number of nitrogens with one attached hydrogen (secondary N) is 3. The topological polar surface area (TPSA) is 131 Å². The van der Waals surface area contributed by atoms with E-state index in [1.54, 1.807) is 31.2 Å². The van der Waals surface area contributed by atoms with E-state index in [9.17, 15) is 9.59 Å². The van der Waals surface area contributed by atoms with E-state index in [1.807, 2.05) is 30.3 Å². The van der Waals surface area contributed by atoms with Crippen molar-refractivity contribution < 1.29 is 18.7 Å². The number of carbonyl (C=O) groups excluding carboxylic acids is 2. The lowest BCUT2D eigenvalue weighted by atomic mass is 9.95. The number of fused-ring (bicyclic) bond motifs is 1. The maximum atomic E-state index is 13.5. The number of allylic oxidation sites excluding steroid dienone is 1. The van der Waals surface area contributed by atoms with Gasteiger partial charge in [-0.2, -0.15) is 4.98 Å². The first-order valence-electron chi connectivity index (χ1n) is 11.2. The zero-order valence-corrected chi connectivity index (χ0v) is 20.5. The number of carbonyl (C=O) groups is 2. The van der Waals surface area contributed by atoms with Crippen LogP contribution < -0.4 is 16.0 Å². The van der Waals surface area contributed by atoms with Gasteiger partial charge in [0.25, 0.3) is 5.91 Å². The van der Waals surface area contributed by atoms with Gasteiger partial charge in [-0.1, -0.05) is 41.9 Å². The van der Waals surface area contributed by atoms with Crippen molar-refractivity contribution in [3.05, 3.63) is 94.4 Å². The number of para-hydroxylation sites is 2. The highest BCUT2D eigenvalue weighted by molar-refractivity contribution is 6.31. The van der Waals surface area contributed by atoms with Crippen LogP contribution in [0.4, 0.5) is 11.7 Å². The van der Waals surface area contributed by atoms with E-state index in [4.69, 9.17) is 25.7 Å². The Morgan fingerprint density at radius 3 is 2.68 bits per heavy atom. The van der Waals surface area contributed by atoms with E-state index in [-0.39, 0.29) is 11.7 Å². The van der Waals surface area contributed by atoms with Crippen molar-refractivity contribution >= 4 is 52.2 Å². The molecule has 1 aliphatic rings. The van der Waals surface area contributed by atoms with Crippen molar-refractivity contribution in [2.45, 2.75) is 13.0 Å². The minimum absolute atomic E-state index is 0.0678. The fraction of sp³-hybridized carbons (Fsp3) is 0.115. The molecule has 186 valence electrons. The maximum Gasteiger partial charge on any atom is 0.356 e. The summed E-state index contributed by atoms with van der Waals surface area (Å²) in [5.74, 6) is -0.705. The lowest BCUT2D eigenvalue weighted by Crippen LogP contribution is -2.37. The molecular formula is C26H21ClN6O4. The lowest BCUT2D eigenvalue weighted by Gasteiger charge is -2.27. The third kappa shape index (κ3) is 5.00. The minimum atomic E-state index is -0.747. The van der Waals surface area contributed by atoms with Crippen molar-refractivity contribution in [1.29, 1.82) is 0 Å². The molecule has 0 fully saturated rings. The van der Waals surface area contributed by atoms with Crippen LogP contribution in [0, 0.1) is 0 Å². The number of ether oxygens (including phenoxy) is 1. The molecule has 2 aromatic carbocycles. The van der Waals surface area contributed by atoms with Crippen LogP contribution in [-0.2, 0) is 9.53 Å². The van der Waals surface area contributed by atoms with Gasteiger partial charge in [-0.25, -0.2) is 14.8 Å². The third-order valence-corrected chi connectivity index (χ3v) is 5.96. The molecule has 0 radical (unpaired) electrons. The van der Waals surface area contributed by atoms with Crippen LogP contribution >= 0.6 is 11.6 Å². The van der Waals surface area contributed by atoms with Gasteiger partial charge < -0.3 is 19.8 Å². The molecule has 37 heavy (non-hydrogen) atoms. The minimum Gasteiger partial charge on any atom is -0.464 e. The fourth-order valence-corrected chi connectivity index (χ4v) is 4.14. The van der Waals surface area contributed by atoms with Gasteiger partial charge in [-0.15, -0.1) is 0 Å². The monoisotopic (exact) mass is 516 g/mol. The number of hydrogen-bond acceptors (Lipinski definition) is 9. The molecule has 1 unspecified atom stereocenters. The molecule has 0 aliphatic carbocycles. The number of benzene rings is 2. The molecule has 3 N–H and O–H groups in total. The van der Waals surface area contributed by atoms with E-state index in [2.05, 4.69) is 25.9 Å². The number of anilines is 2. The number of rotatable bonds is 5. The first-order valence-corrected chi connectivity index (χ1v) is 11.6. The van der Waals surface area contributed by atoms with E-state index in [0.29, 0.717) is 44.6 Å². The molecule has 1 atom stereocenters. The summed E-state index contributed by atoms with van der Waals surface area (Å²) in [4.78, 5) is 38.5. The second kappa shape index (κ2) is 10.1. The van der Waals surface area contributed by atoms with Gasteiger partial charge in [0.1, 0.15) is 17.3 Å². The van der Waals surface area contributed by atoms with Crippen LogP contribution in [0.2, 0.25) is 5.02 Å². The number of aliphatic imine (C=N–C) groups is 1. The number of nitrogens with zero attached hydrogens (tertiary/aromatic N) is 3. The van der Waals surface area contributed by atoms with E-state index < -0.39 is 17.9 Å². The molecule has 0 saturated heterocycles. The standard InChI is InChI=1S/C26H21ClN6O4/c1-14-21(23(34)30-15-11-12-28-19(13-15)24(35)36-2)22(16-7-3-4-8-17(16)27)32-25(29-14)33-26-31-18-9-5-6-10-20(18)37-26/h3-13,22H,1-2H3,(H,28,30,34)(H2,29,31,32,33). The Bertz CT molecular complexity index is 1550. The second-order valence-corrected chi connectivity index (χ2v) is 8.46. The number of amides is 1. The number of aromatic nitrogens is 2. The first kappa shape index (κ1) is 24.0. The Balaban J connectivity index is 1.47. The second-order valence-electron chi connectivity index (χ2n) is 8.05. The number of halogens is 1. The molecule has 0 saturated carbocycles. The Morgan fingerprint density at radius 2 is 1.89 bits per heavy atom. The Morgan fingerprint density at radius 1 is 1.11 bits per heavy atom. The smallest absolute Gasteiger partial charge is 0.356 e. The average Bonchev–Trinajstić information content (AvgIpc) is 3.30. The largest absolute Gasteiger partial charge is 0.464 e. The van der Waals surface area contributed by atoms with Gasteiger partial charge in [0.2, 0.25) is 5.96 Å². The van der Waals surface area contributed by atoms with Crippen LogP contribution in [-0.4, -0.2) is 34.9 Å². The van der Waals surface area contributed by atoms with E-state index >= 15 is 0 Å².